The van der Waals surface area contributed by atoms with E-state index in [0.29, 0.717) is 18.7 Å². The number of nitrogens with one attached hydrogen (secondary N) is 1. The average molecular weight is 364 g/mol. The molecule has 23 heavy (non-hydrogen) atoms. The Bertz CT molecular complexity index is 711. The molecular formula is C14H25N3O4S2. The molecule has 1 aromatic rings. The molecule has 0 aromatic heterocycles. The van der Waals surface area contributed by atoms with Gasteiger partial charge in [-0.3, -0.25) is 0 Å². The molecule has 7 nitrogen and oxygen atoms in total. The second-order valence-electron chi connectivity index (χ2n) is 5.36. The summed E-state index contributed by atoms with van der Waals surface area (Å²) in [5.41, 5.74) is 0.535. The second-order valence-corrected chi connectivity index (χ2v) is 8.62. The van der Waals surface area contributed by atoms with Crippen molar-refractivity contribution in [3.63, 3.8) is 0 Å². The zero-order valence-corrected chi connectivity index (χ0v) is 15.3. The Morgan fingerprint density at radius 3 is 2.17 bits per heavy atom. The molecule has 0 radical (unpaired) electrons. The molecule has 0 saturated carbocycles. The molecule has 0 aliphatic carbocycles. The van der Waals surface area contributed by atoms with E-state index in [9.17, 15) is 16.8 Å². The minimum Gasteiger partial charge on any atom is -0.225 e. The van der Waals surface area contributed by atoms with Crippen LogP contribution in [0.25, 0.3) is 0 Å². The van der Waals surface area contributed by atoms with Gasteiger partial charge in [0.15, 0.2) is 0 Å². The van der Waals surface area contributed by atoms with Gasteiger partial charge in [-0.2, -0.15) is 17.4 Å². The normalized spacial score (nSPS) is 14.1. The first kappa shape index (κ1) is 20.0. The number of nitrogens with two attached hydrogens (primary N) is 1. The topological polar surface area (TPSA) is 110 Å². The lowest BCUT2D eigenvalue weighted by Gasteiger charge is -2.24. The van der Waals surface area contributed by atoms with Crippen LogP contribution in [0.5, 0.6) is 0 Å². The Morgan fingerprint density at radius 2 is 1.70 bits per heavy atom. The largest absolute Gasteiger partial charge is 0.279 e. The van der Waals surface area contributed by atoms with E-state index < -0.39 is 26.3 Å². The smallest absolute Gasteiger partial charge is 0.225 e. The molecule has 1 rings (SSSR count). The van der Waals surface area contributed by atoms with Crippen molar-refractivity contribution in [1.82, 2.24) is 9.03 Å². The summed E-state index contributed by atoms with van der Waals surface area (Å²) in [6.45, 7) is 6.37. The van der Waals surface area contributed by atoms with Crippen LogP contribution in [0.4, 0.5) is 0 Å². The minimum absolute atomic E-state index is 0.0416. The summed E-state index contributed by atoms with van der Waals surface area (Å²) < 4.78 is 51.7. The molecule has 132 valence electrons. The molecule has 0 aliphatic rings. The van der Waals surface area contributed by atoms with Gasteiger partial charge in [0.05, 0.1) is 4.90 Å². The maximum Gasteiger partial charge on any atom is 0.279 e. The number of hydrogen-bond acceptors (Lipinski definition) is 4. The van der Waals surface area contributed by atoms with Gasteiger partial charge >= 0.3 is 0 Å². The highest BCUT2D eigenvalue weighted by Gasteiger charge is 2.23. The summed E-state index contributed by atoms with van der Waals surface area (Å²) in [6.07, 6.45) is 1.44. The lowest BCUT2D eigenvalue weighted by Crippen LogP contribution is -2.42. The number of nitrogens with zero attached hydrogens (tertiary/aromatic N) is 1. The third-order valence-electron chi connectivity index (χ3n) is 3.30. The molecule has 0 saturated heterocycles. The number of primary sulfonamides is 1. The lowest BCUT2D eigenvalue weighted by molar-refractivity contribution is 0.397. The highest BCUT2D eigenvalue weighted by molar-refractivity contribution is 7.89. The van der Waals surface area contributed by atoms with Crippen molar-refractivity contribution in [2.24, 2.45) is 5.14 Å². The van der Waals surface area contributed by atoms with Gasteiger partial charge in [0.1, 0.15) is 0 Å². The Morgan fingerprint density at radius 1 is 1.13 bits per heavy atom. The van der Waals surface area contributed by atoms with Crippen molar-refractivity contribution >= 4 is 20.2 Å². The fourth-order valence-electron chi connectivity index (χ4n) is 2.18. The third-order valence-corrected chi connectivity index (χ3v) is 5.91. The van der Waals surface area contributed by atoms with Crippen LogP contribution >= 0.6 is 0 Å². The van der Waals surface area contributed by atoms with E-state index in [0.717, 1.165) is 12.8 Å². The molecule has 3 N–H and O–H groups in total. The van der Waals surface area contributed by atoms with Gasteiger partial charge in [-0.1, -0.05) is 26.0 Å². The van der Waals surface area contributed by atoms with Gasteiger partial charge in [-0.15, -0.1) is 0 Å². The summed E-state index contributed by atoms with van der Waals surface area (Å²) in [5.74, 6) is 0. The molecule has 1 atom stereocenters. The second kappa shape index (κ2) is 8.20. The van der Waals surface area contributed by atoms with E-state index in [1.165, 1.54) is 22.5 Å². The van der Waals surface area contributed by atoms with Gasteiger partial charge in [-0.25, -0.2) is 13.6 Å². The lowest BCUT2D eigenvalue weighted by atomic mass is 10.1. The van der Waals surface area contributed by atoms with Crippen molar-refractivity contribution in [1.29, 1.82) is 0 Å². The van der Waals surface area contributed by atoms with Gasteiger partial charge in [-0.05, 0) is 37.5 Å². The molecule has 0 amide bonds. The van der Waals surface area contributed by atoms with Crippen LogP contribution < -0.4 is 9.86 Å². The van der Waals surface area contributed by atoms with Crippen LogP contribution in [-0.4, -0.2) is 34.2 Å². The van der Waals surface area contributed by atoms with E-state index in [1.54, 1.807) is 13.0 Å². The molecule has 0 bridgehead atoms. The van der Waals surface area contributed by atoms with Crippen LogP contribution in [0.15, 0.2) is 29.2 Å². The van der Waals surface area contributed by atoms with Crippen molar-refractivity contribution in [3.8, 4) is 0 Å². The first-order valence-corrected chi connectivity index (χ1v) is 10.5. The van der Waals surface area contributed by atoms with E-state index >= 15 is 0 Å². The van der Waals surface area contributed by atoms with Gasteiger partial charge in [0, 0.05) is 19.1 Å². The van der Waals surface area contributed by atoms with Crippen LogP contribution in [-0.2, 0) is 20.2 Å². The van der Waals surface area contributed by atoms with E-state index in [4.69, 9.17) is 5.14 Å². The van der Waals surface area contributed by atoms with Crippen LogP contribution in [0.1, 0.15) is 45.2 Å². The third kappa shape index (κ3) is 5.85. The molecule has 1 unspecified atom stereocenters. The van der Waals surface area contributed by atoms with Gasteiger partial charge < -0.3 is 0 Å². The van der Waals surface area contributed by atoms with Gasteiger partial charge in [0.2, 0.25) is 10.0 Å². The van der Waals surface area contributed by atoms with E-state index in [1.807, 2.05) is 13.8 Å². The predicted molar refractivity (Wildman–Crippen MR) is 90.4 cm³/mol. The molecule has 0 aliphatic heterocycles. The predicted octanol–water partition coefficient (Wildman–Crippen LogP) is 1.35. The highest BCUT2D eigenvalue weighted by Crippen LogP contribution is 2.18. The fourth-order valence-corrected chi connectivity index (χ4v) is 4.32. The summed E-state index contributed by atoms with van der Waals surface area (Å²) in [4.78, 5) is -0.0416. The van der Waals surface area contributed by atoms with Crippen LogP contribution in [0.3, 0.4) is 0 Å². The number of sulfonamides is 1. The first-order valence-electron chi connectivity index (χ1n) is 7.52. The van der Waals surface area contributed by atoms with Crippen LogP contribution in [0, 0.1) is 0 Å². The zero-order chi connectivity index (χ0) is 17.7. The van der Waals surface area contributed by atoms with Gasteiger partial charge in [0.25, 0.3) is 10.2 Å². The average Bonchev–Trinajstić information content (AvgIpc) is 2.46. The quantitative estimate of drug-likeness (QED) is 0.690. The first-order chi connectivity index (χ1) is 10.6. The maximum atomic E-state index is 12.4. The van der Waals surface area contributed by atoms with Crippen LogP contribution in [0.2, 0.25) is 0 Å². The summed E-state index contributed by atoms with van der Waals surface area (Å²) in [5, 5.41) is 5.11. The number of rotatable bonds is 9. The number of benzene rings is 1. The Labute approximate surface area is 139 Å². The van der Waals surface area contributed by atoms with Crippen molar-refractivity contribution in [3.05, 3.63) is 29.8 Å². The molecule has 9 heteroatoms. The molecule has 0 spiro atoms. The SMILES string of the molecule is CCCN(CCC)S(=O)(=O)NC(C)c1cccc(S(N)(=O)=O)c1. The fraction of sp³-hybridized carbons (Fsp3) is 0.571. The Balaban J connectivity index is 3.00. The Kier molecular flexibility index (Phi) is 7.15. The summed E-state index contributed by atoms with van der Waals surface area (Å²) >= 11 is 0. The zero-order valence-electron chi connectivity index (χ0n) is 13.7. The van der Waals surface area contributed by atoms with E-state index in [2.05, 4.69) is 4.72 Å². The minimum atomic E-state index is -3.82. The van der Waals surface area contributed by atoms with Crippen molar-refractivity contribution in [2.45, 2.75) is 44.6 Å². The summed E-state index contributed by atoms with van der Waals surface area (Å²) in [6, 6.07) is 5.38. The van der Waals surface area contributed by atoms with Crippen molar-refractivity contribution < 1.29 is 16.8 Å². The monoisotopic (exact) mass is 363 g/mol. The highest BCUT2D eigenvalue weighted by atomic mass is 32.2. The van der Waals surface area contributed by atoms with Crippen molar-refractivity contribution in [2.75, 3.05) is 13.1 Å². The molecule has 0 heterocycles. The molecule has 0 fully saturated rings. The Hall–Kier alpha value is -1.00. The number of hydrogen-bond donors (Lipinski definition) is 2. The summed E-state index contributed by atoms with van der Waals surface area (Å²) in [7, 11) is -7.46. The molecular weight excluding hydrogens is 338 g/mol. The standard InChI is InChI=1S/C14H25N3O4S2/c1-4-9-17(10-5-2)23(20,21)16-12(3)13-7-6-8-14(11-13)22(15,18)19/h6-8,11-12,16H,4-5,9-10H2,1-3H3,(H2,15,18,19). The molecule has 1 aromatic carbocycles. The maximum absolute atomic E-state index is 12.4. The van der Waals surface area contributed by atoms with E-state index in [-0.39, 0.29) is 4.90 Å².